The standard InChI is InChI=1S/C11H22F2N2O2/c1-10(2)9-14(5-7-16-3)11(12,13)15(10)6-8-17-4/h5-9H2,1-4H3. The van der Waals surface area contributed by atoms with Crippen LogP contribution < -0.4 is 0 Å². The zero-order valence-electron chi connectivity index (χ0n) is 11.0. The fourth-order valence-corrected chi connectivity index (χ4v) is 2.22. The molecule has 1 rings (SSSR count). The van der Waals surface area contributed by atoms with Gasteiger partial charge in [0.1, 0.15) is 0 Å². The summed E-state index contributed by atoms with van der Waals surface area (Å²) in [7, 11) is 3.03. The van der Waals surface area contributed by atoms with Crippen LogP contribution in [0.25, 0.3) is 0 Å². The van der Waals surface area contributed by atoms with E-state index in [4.69, 9.17) is 9.47 Å². The number of rotatable bonds is 6. The van der Waals surface area contributed by atoms with Crippen molar-refractivity contribution in [2.45, 2.75) is 25.6 Å². The molecule has 0 spiro atoms. The average Bonchev–Trinajstić information content (AvgIpc) is 2.40. The maximum atomic E-state index is 14.2. The first-order valence-electron chi connectivity index (χ1n) is 5.74. The smallest absolute Gasteiger partial charge is 0.370 e. The van der Waals surface area contributed by atoms with Gasteiger partial charge in [0.25, 0.3) is 0 Å². The average molecular weight is 252 g/mol. The topological polar surface area (TPSA) is 24.9 Å². The van der Waals surface area contributed by atoms with Crippen molar-refractivity contribution in [3.05, 3.63) is 0 Å². The number of ether oxygens (including phenoxy) is 2. The molecule has 1 saturated heterocycles. The molecule has 0 radical (unpaired) electrons. The minimum atomic E-state index is -2.93. The Morgan fingerprint density at radius 2 is 1.59 bits per heavy atom. The Morgan fingerprint density at radius 1 is 1.06 bits per heavy atom. The van der Waals surface area contributed by atoms with Gasteiger partial charge in [-0.25, -0.2) is 9.80 Å². The van der Waals surface area contributed by atoms with Crippen LogP contribution in [0.5, 0.6) is 0 Å². The molecule has 0 amide bonds. The molecular formula is C11H22F2N2O2. The van der Waals surface area contributed by atoms with Gasteiger partial charge in [0.2, 0.25) is 0 Å². The Hall–Kier alpha value is -0.300. The van der Waals surface area contributed by atoms with Crippen molar-refractivity contribution in [3.8, 4) is 0 Å². The molecule has 1 aliphatic heterocycles. The van der Waals surface area contributed by atoms with Gasteiger partial charge in [0.15, 0.2) is 0 Å². The van der Waals surface area contributed by atoms with E-state index in [9.17, 15) is 8.78 Å². The van der Waals surface area contributed by atoms with Crippen molar-refractivity contribution in [2.75, 3.05) is 47.1 Å². The molecular weight excluding hydrogens is 230 g/mol. The van der Waals surface area contributed by atoms with E-state index in [1.165, 1.54) is 19.1 Å². The molecule has 17 heavy (non-hydrogen) atoms. The van der Waals surface area contributed by atoms with Crippen LogP contribution in [0.4, 0.5) is 8.78 Å². The van der Waals surface area contributed by atoms with Gasteiger partial charge in [-0.1, -0.05) is 0 Å². The van der Waals surface area contributed by atoms with Gasteiger partial charge in [-0.05, 0) is 13.8 Å². The van der Waals surface area contributed by atoms with Crippen LogP contribution in [-0.4, -0.2) is 68.6 Å². The summed E-state index contributed by atoms with van der Waals surface area (Å²) < 4.78 is 38.1. The molecule has 0 bridgehead atoms. The summed E-state index contributed by atoms with van der Waals surface area (Å²) in [5.41, 5.74) is -0.560. The van der Waals surface area contributed by atoms with Crippen LogP contribution in [0, 0.1) is 0 Å². The van der Waals surface area contributed by atoms with Gasteiger partial charge in [-0.2, -0.15) is 8.78 Å². The van der Waals surface area contributed by atoms with Crippen LogP contribution in [0.15, 0.2) is 0 Å². The Morgan fingerprint density at radius 3 is 2.12 bits per heavy atom. The van der Waals surface area contributed by atoms with Crippen LogP contribution in [0.3, 0.4) is 0 Å². The molecule has 0 saturated carbocycles. The minimum absolute atomic E-state index is 0.222. The third-order valence-electron chi connectivity index (χ3n) is 3.10. The molecule has 4 nitrogen and oxygen atoms in total. The highest BCUT2D eigenvalue weighted by atomic mass is 19.3. The van der Waals surface area contributed by atoms with Crippen LogP contribution in [-0.2, 0) is 9.47 Å². The van der Waals surface area contributed by atoms with E-state index >= 15 is 0 Å². The summed E-state index contributed by atoms with van der Waals surface area (Å²) in [5, 5.41) is 0. The van der Waals surface area contributed by atoms with Gasteiger partial charge in [0.05, 0.1) is 13.2 Å². The Labute approximate surface area is 101 Å². The SMILES string of the molecule is COCCN1CC(C)(C)N(CCOC)C1(F)F. The largest absolute Gasteiger partial charge is 0.383 e. The first-order chi connectivity index (χ1) is 7.86. The second-order valence-electron chi connectivity index (χ2n) is 4.88. The van der Waals surface area contributed by atoms with E-state index in [2.05, 4.69) is 0 Å². The molecule has 1 heterocycles. The molecule has 0 unspecified atom stereocenters. The fraction of sp³-hybridized carbons (Fsp3) is 1.00. The predicted octanol–water partition coefficient (Wildman–Crippen LogP) is 1.23. The van der Waals surface area contributed by atoms with Crippen molar-refractivity contribution in [1.82, 2.24) is 9.80 Å². The molecule has 0 aromatic carbocycles. The van der Waals surface area contributed by atoms with Gasteiger partial charge in [0, 0.05) is 39.4 Å². The zero-order chi connectivity index (χ0) is 13.1. The van der Waals surface area contributed by atoms with Gasteiger partial charge < -0.3 is 9.47 Å². The molecule has 0 aromatic rings. The predicted molar refractivity (Wildman–Crippen MR) is 61.1 cm³/mol. The zero-order valence-corrected chi connectivity index (χ0v) is 11.0. The molecule has 1 fully saturated rings. The quantitative estimate of drug-likeness (QED) is 0.664. The molecule has 1 aliphatic rings. The van der Waals surface area contributed by atoms with Crippen molar-refractivity contribution < 1.29 is 18.3 Å². The minimum Gasteiger partial charge on any atom is -0.383 e. The maximum absolute atomic E-state index is 14.2. The van der Waals surface area contributed by atoms with E-state index in [1.54, 1.807) is 0 Å². The Kier molecular flexibility index (Phi) is 4.83. The number of halogens is 2. The lowest BCUT2D eigenvalue weighted by molar-refractivity contribution is -0.225. The third-order valence-corrected chi connectivity index (χ3v) is 3.10. The second kappa shape index (κ2) is 5.56. The maximum Gasteiger partial charge on any atom is 0.370 e. The summed E-state index contributed by atoms with van der Waals surface area (Å²) in [6.07, 6.45) is -2.93. The number of nitrogens with zero attached hydrogens (tertiary/aromatic N) is 2. The summed E-state index contributed by atoms with van der Waals surface area (Å²) >= 11 is 0. The monoisotopic (exact) mass is 252 g/mol. The Bertz CT molecular complexity index is 250. The van der Waals surface area contributed by atoms with Crippen LogP contribution >= 0.6 is 0 Å². The summed E-state index contributed by atoms with van der Waals surface area (Å²) in [4.78, 5) is 2.35. The second-order valence-corrected chi connectivity index (χ2v) is 4.88. The highest BCUT2D eigenvalue weighted by Gasteiger charge is 2.56. The number of hydrogen-bond donors (Lipinski definition) is 0. The van der Waals surface area contributed by atoms with Gasteiger partial charge in [-0.15, -0.1) is 0 Å². The van der Waals surface area contributed by atoms with Crippen molar-refractivity contribution in [2.24, 2.45) is 0 Å². The van der Waals surface area contributed by atoms with Crippen molar-refractivity contribution >= 4 is 0 Å². The number of methoxy groups -OCH3 is 2. The molecule has 0 atom stereocenters. The molecule has 0 aromatic heterocycles. The lowest BCUT2D eigenvalue weighted by Gasteiger charge is -2.34. The lowest BCUT2D eigenvalue weighted by atomic mass is 10.1. The Balaban J connectivity index is 2.73. The van der Waals surface area contributed by atoms with Crippen molar-refractivity contribution in [3.63, 3.8) is 0 Å². The van der Waals surface area contributed by atoms with E-state index < -0.39 is 11.7 Å². The molecule has 0 N–H and O–H groups in total. The van der Waals surface area contributed by atoms with E-state index in [0.717, 1.165) is 4.90 Å². The molecule has 6 heteroatoms. The first kappa shape index (κ1) is 14.8. The van der Waals surface area contributed by atoms with E-state index in [1.807, 2.05) is 13.8 Å². The summed E-state index contributed by atoms with van der Waals surface area (Å²) in [6, 6.07) is 0. The number of alkyl halides is 2. The van der Waals surface area contributed by atoms with Crippen LogP contribution in [0.1, 0.15) is 13.8 Å². The molecule has 102 valence electrons. The van der Waals surface area contributed by atoms with Crippen molar-refractivity contribution in [1.29, 1.82) is 0 Å². The van der Waals surface area contributed by atoms with Gasteiger partial charge >= 0.3 is 6.17 Å². The van der Waals surface area contributed by atoms with E-state index in [0.29, 0.717) is 19.8 Å². The lowest BCUT2D eigenvalue weighted by Crippen LogP contribution is -2.51. The summed E-state index contributed by atoms with van der Waals surface area (Å²) in [5.74, 6) is 0. The highest BCUT2D eigenvalue weighted by Crippen LogP contribution is 2.39. The third kappa shape index (κ3) is 3.13. The number of hydrogen-bond acceptors (Lipinski definition) is 4. The molecule has 0 aliphatic carbocycles. The normalized spacial score (nSPS) is 24.4. The van der Waals surface area contributed by atoms with E-state index in [-0.39, 0.29) is 13.1 Å². The van der Waals surface area contributed by atoms with Crippen LogP contribution in [0.2, 0.25) is 0 Å². The summed E-state index contributed by atoms with van der Waals surface area (Å²) in [6.45, 7) is 5.04. The first-order valence-corrected chi connectivity index (χ1v) is 5.74. The van der Waals surface area contributed by atoms with Gasteiger partial charge in [-0.3, -0.25) is 0 Å². The highest BCUT2D eigenvalue weighted by molar-refractivity contribution is 4.96. The fourth-order valence-electron chi connectivity index (χ4n) is 2.22.